The molecule has 0 unspecified atom stereocenters. The highest BCUT2D eigenvalue weighted by Crippen LogP contribution is 2.32. The molecule has 1 heterocycles. The summed E-state index contributed by atoms with van der Waals surface area (Å²) in [5.41, 5.74) is 9.73. The lowest BCUT2D eigenvalue weighted by molar-refractivity contribution is 0.491. The normalized spacial score (nSPS) is 14.5. The fourth-order valence-corrected chi connectivity index (χ4v) is 5.24. The van der Waals surface area contributed by atoms with Crippen molar-refractivity contribution in [1.82, 2.24) is 5.32 Å². The Hall–Kier alpha value is -5.20. The van der Waals surface area contributed by atoms with Crippen LogP contribution in [0.5, 0.6) is 0 Å². The number of fused-ring (bicyclic) bond motifs is 3. The third kappa shape index (κ3) is 4.23. The van der Waals surface area contributed by atoms with Gasteiger partial charge in [-0.3, -0.25) is 11.1 Å². The minimum atomic E-state index is -1.37. The molecule has 0 bridgehead atoms. The molecule has 0 amide bonds. The molecule has 0 radical (unpaired) electrons. The van der Waals surface area contributed by atoms with Crippen molar-refractivity contribution < 1.29 is 0 Å². The van der Waals surface area contributed by atoms with Gasteiger partial charge in [-0.1, -0.05) is 115 Å². The molecular weight excluding hydrogens is 480 g/mol. The van der Waals surface area contributed by atoms with E-state index in [0.29, 0.717) is 11.9 Å². The van der Waals surface area contributed by atoms with Crippen molar-refractivity contribution in [3.05, 3.63) is 133 Å². The number of hydrogen-bond donors (Lipinski definition) is 4. The van der Waals surface area contributed by atoms with Crippen LogP contribution < -0.4 is 21.7 Å². The first-order chi connectivity index (χ1) is 19.2. The van der Waals surface area contributed by atoms with Crippen molar-refractivity contribution in [3.8, 4) is 0 Å². The second kappa shape index (κ2) is 9.28. The van der Waals surface area contributed by atoms with Gasteiger partial charge in [0.05, 0.1) is 0 Å². The van der Waals surface area contributed by atoms with Crippen LogP contribution in [0.3, 0.4) is 0 Å². The van der Waals surface area contributed by atoms with Gasteiger partial charge in [0.1, 0.15) is 0 Å². The quantitative estimate of drug-likeness (QED) is 0.214. The summed E-state index contributed by atoms with van der Waals surface area (Å²) in [6.07, 6.45) is 0. The number of nitrogens with two attached hydrogens (primary N) is 1. The molecule has 0 aliphatic carbocycles. The fraction of sp³-hybridized carbons (Fsp3) is 0.0303. The van der Waals surface area contributed by atoms with E-state index in [4.69, 9.17) is 15.7 Å². The lowest BCUT2D eigenvalue weighted by atomic mass is 9.99. The fourth-order valence-electron chi connectivity index (χ4n) is 5.24. The van der Waals surface area contributed by atoms with Crippen LogP contribution in [0.4, 0.5) is 11.4 Å². The van der Waals surface area contributed by atoms with E-state index >= 15 is 0 Å². The Labute approximate surface area is 225 Å². The van der Waals surface area contributed by atoms with Crippen LogP contribution in [-0.4, -0.2) is 11.9 Å². The molecule has 0 atom stereocenters. The molecule has 7 rings (SSSR count). The van der Waals surface area contributed by atoms with Crippen molar-refractivity contribution in [3.63, 3.8) is 0 Å². The van der Waals surface area contributed by atoms with Crippen molar-refractivity contribution in [2.24, 2.45) is 15.7 Å². The Morgan fingerprint density at radius 1 is 0.487 bits per heavy atom. The molecule has 6 heteroatoms. The zero-order chi connectivity index (χ0) is 26.2. The summed E-state index contributed by atoms with van der Waals surface area (Å²) in [6, 6.07) is 43.0. The molecule has 0 aromatic heterocycles. The highest BCUT2D eigenvalue weighted by molar-refractivity contribution is 6.15. The molecule has 5 N–H and O–H groups in total. The van der Waals surface area contributed by atoms with E-state index in [1.54, 1.807) is 0 Å². The third-order valence-corrected chi connectivity index (χ3v) is 7.07. The predicted octanol–water partition coefficient (Wildman–Crippen LogP) is 6.75. The molecule has 1 aliphatic heterocycles. The van der Waals surface area contributed by atoms with Gasteiger partial charge in [-0.05, 0) is 33.7 Å². The predicted molar refractivity (Wildman–Crippen MR) is 163 cm³/mol. The van der Waals surface area contributed by atoms with Gasteiger partial charge >= 0.3 is 0 Å². The zero-order valence-corrected chi connectivity index (χ0v) is 21.1. The minimum absolute atomic E-state index is 0.500. The van der Waals surface area contributed by atoms with Gasteiger partial charge in [-0.15, -0.1) is 0 Å². The maximum Gasteiger partial charge on any atom is 0.236 e. The summed E-state index contributed by atoms with van der Waals surface area (Å²) in [5, 5.41) is 16.9. The topological polar surface area (TPSA) is 86.8 Å². The highest BCUT2D eigenvalue weighted by Gasteiger charge is 2.33. The molecule has 0 fully saturated rings. The van der Waals surface area contributed by atoms with Gasteiger partial charge < -0.3 is 10.6 Å². The molecule has 6 nitrogen and oxygen atoms in total. The average molecular weight is 507 g/mol. The summed E-state index contributed by atoms with van der Waals surface area (Å²) < 4.78 is 0. The summed E-state index contributed by atoms with van der Waals surface area (Å²) in [4.78, 5) is 9.87. The highest BCUT2D eigenvalue weighted by atomic mass is 15.4. The molecule has 6 aromatic carbocycles. The monoisotopic (exact) mass is 506 g/mol. The summed E-state index contributed by atoms with van der Waals surface area (Å²) in [6.45, 7) is 0. The van der Waals surface area contributed by atoms with Crippen molar-refractivity contribution in [2.45, 2.75) is 5.79 Å². The van der Waals surface area contributed by atoms with Crippen molar-refractivity contribution in [2.75, 3.05) is 10.6 Å². The maximum absolute atomic E-state index is 7.06. The van der Waals surface area contributed by atoms with Crippen LogP contribution in [0.1, 0.15) is 5.56 Å². The zero-order valence-electron chi connectivity index (χ0n) is 21.1. The van der Waals surface area contributed by atoms with Gasteiger partial charge in [0, 0.05) is 27.7 Å². The number of nitrogens with zero attached hydrogens (tertiary/aromatic N) is 2. The molecule has 6 aromatic rings. The van der Waals surface area contributed by atoms with E-state index < -0.39 is 5.79 Å². The summed E-state index contributed by atoms with van der Waals surface area (Å²) >= 11 is 0. The van der Waals surface area contributed by atoms with Crippen molar-refractivity contribution >= 4 is 55.6 Å². The lowest BCUT2D eigenvalue weighted by Gasteiger charge is -2.30. The summed E-state index contributed by atoms with van der Waals surface area (Å²) in [7, 11) is 0. The Morgan fingerprint density at radius 3 is 1.44 bits per heavy atom. The van der Waals surface area contributed by atoms with E-state index in [2.05, 4.69) is 70.5 Å². The van der Waals surface area contributed by atoms with E-state index in [9.17, 15) is 0 Å². The second-order valence-corrected chi connectivity index (χ2v) is 9.60. The Balaban J connectivity index is 1.35. The van der Waals surface area contributed by atoms with Gasteiger partial charge in [0.2, 0.25) is 17.7 Å². The number of anilines is 2. The Morgan fingerprint density at radius 2 is 0.897 bits per heavy atom. The molecule has 0 spiro atoms. The first-order valence-corrected chi connectivity index (χ1v) is 12.9. The standard InChI is InChI=1S/C33H26N6/c34-33(28-19-7-13-22-10-1-4-16-25(22)28)38-31(35-29-20-8-14-23-11-2-5-17-26(23)29)37-32(39-33)36-30-21-9-15-24-12-3-6-18-27(24)30/h1-21H,34H2,(H3,35,36,37,38,39). The largest absolute Gasteiger partial charge is 0.325 e. The number of rotatable bonds is 3. The van der Waals surface area contributed by atoms with Crippen LogP contribution in [0.2, 0.25) is 0 Å². The van der Waals surface area contributed by atoms with E-state index in [-0.39, 0.29) is 0 Å². The lowest BCUT2D eigenvalue weighted by Crippen LogP contribution is -2.50. The van der Waals surface area contributed by atoms with Crippen LogP contribution in [0.25, 0.3) is 32.3 Å². The SMILES string of the molecule is NC1(c2cccc3ccccc23)N=C(Nc2cccc3ccccc23)NC(Nc2cccc3ccccc23)=N1. The molecule has 39 heavy (non-hydrogen) atoms. The molecule has 1 aliphatic rings. The van der Waals surface area contributed by atoms with Gasteiger partial charge in [-0.2, -0.15) is 0 Å². The molecular formula is C33H26N6. The maximum atomic E-state index is 7.06. The molecule has 0 saturated carbocycles. The van der Waals surface area contributed by atoms with Crippen molar-refractivity contribution in [1.29, 1.82) is 0 Å². The first-order valence-electron chi connectivity index (χ1n) is 12.9. The minimum Gasteiger partial charge on any atom is -0.325 e. The van der Waals surface area contributed by atoms with Crippen LogP contribution in [-0.2, 0) is 5.79 Å². The van der Waals surface area contributed by atoms with E-state index in [0.717, 1.165) is 49.3 Å². The molecule has 188 valence electrons. The Bertz CT molecular complexity index is 1810. The third-order valence-electron chi connectivity index (χ3n) is 7.07. The van der Waals surface area contributed by atoms with Gasteiger partial charge in [-0.25, -0.2) is 9.98 Å². The Kier molecular flexibility index (Phi) is 5.46. The van der Waals surface area contributed by atoms with Crippen LogP contribution >= 0.6 is 0 Å². The van der Waals surface area contributed by atoms with Gasteiger partial charge in [0.25, 0.3) is 0 Å². The second-order valence-electron chi connectivity index (χ2n) is 9.60. The number of guanidine groups is 2. The molecule has 0 saturated heterocycles. The van der Waals surface area contributed by atoms with Gasteiger partial charge in [0.15, 0.2) is 0 Å². The van der Waals surface area contributed by atoms with Crippen LogP contribution in [0.15, 0.2) is 137 Å². The number of aliphatic imine (C=N–C) groups is 2. The van der Waals surface area contributed by atoms with E-state index in [1.165, 1.54) is 0 Å². The number of nitrogens with one attached hydrogen (secondary N) is 3. The van der Waals surface area contributed by atoms with E-state index in [1.807, 2.05) is 72.8 Å². The summed E-state index contributed by atoms with van der Waals surface area (Å²) in [5.74, 6) is -0.370. The van der Waals surface area contributed by atoms with Crippen LogP contribution in [0, 0.1) is 0 Å². The number of benzene rings is 6. The average Bonchev–Trinajstić information content (AvgIpc) is 2.97. The number of hydrogen-bond acceptors (Lipinski definition) is 6. The smallest absolute Gasteiger partial charge is 0.236 e. The first kappa shape index (κ1) is 23.0.